The highest BCUT2D eigenvalue weighted by molar-refractivity contribution is 7.96. The molecule has 1 fully saturated rings. The van der Waals surface area contributed by atoms with E-state index < -0.39 is 0 Å². The summed E-state index contributed by atoms with van der Waals surface area (Å²) in [6, 6.07) is 5.53. The molecule has 24 heavy (non-hydrogen) atoms. The van der Waals surface area contributed by atoms with Crippen molar-refractivity contribution in [2.24, 2.45) is 5.14 Å². The van der Waals surface area contributed by atoms with Crippen LogP contribution in [0.15, 0.2) is 24.5 Å². The van der Waals surface area contributed by atoms with Gasteiger partial charge in [-0.2, -0.15) is 5.10 Å². The van der Waals surface area contributed by atoms with Crippen molar-refractivity contribution in [3.05, 3.63) is 30.1 Å². The molecule has 2 heterocycles. The Hall–Kier alpha value is -1.66. The molecule has 1 aromatic carbocycles. The lowest BCUT2D eigenvalue weighted by atomic mass is 9.93. The molecular formula is C18H24N4OS. The molecule has 1 aromatic heterocycles. The minimum Gasteiger partial charge on any atom is -0.481 e. The zero-order valence-electron chi connectivity index (χ0n) is 14.2. The number of hydrogen-bond donors (Lipinski definition) is 1. The Morgan fingerprint density at radius 2 is 2.17 bits per heavy atom. The predicted octanol–water partition coefficient (Wildman–Crippen LogP) is 3.60. The Labute approximate surface area is 147 Å². The van der Waals surface area contributed by atoms with Crippen LogP contribution in [0.25, 0.3) is 11.1 Å². The van der Waals surface area contributed by atoms with Crippen molar-refractivity contribution in [2.45, 2.75) is 44.7 Å². The fourth-order valence-electron chi connectivity index (χ4n) is 3.47. The van der Waals surface area contributed by atoms with Gasteiger partial charge in [0.25, 0.3) is 0 Å². The molecule has 1 saturated carbocycles. The molecule has 2 N–H and O–H groups in total. The average molecular weight is 344 g/mol. The number of hydrogen-bond acceptors (Lipinski definition) is 5. The number of rotatable bonds is 5. The van der Waals surface area contributed by atoms with Gasteiger partial charge in [0.15, 0.2) is 0 Å². The first-order chi connectivity index (χ1) is 11.7. The molecule has 0 amide bonds. The van der Waals surface area contributed by atoms with E-state index in [1.54, 1.807) is 0 Å². The highest BCUT2D eigenvalue weighted by atomic mass is 32.2. The van der Waals surface area contributed by atoms with E-state index >= 15 is 0 Å². The first-order valence-electron chi connectivity index (χ1n) is 8.56. The molecule has 1 aliphatic carbocycles. The second kappa shape index (κ2) is 6.33. The standard InChI is InChI=1S/C18H24N4OS/c1-12-3-6-16-17(21(12)2)8-7-15(18(16)23-11-24-19)13-9-20-22(10-13)14-4-5-14/h7-10,12,14H,3-6,11,19H2,1-2H3. The molecule has 0 spiro atoms. The maximum Gasteiger partial charge on any atom is 0.147 e. The van der Waals surface area contributed by atoms with Crippen LogP contribution >= 0.6 is 11.9 Å². The van der Waals surface area contributed by atoms with Crippen molar-refractivity contribution in [3.63, 3.8) is 0 Å². The molecule has 0 radical (unpaired) electrons. The molecule has 128 valence electrons. The molecule has 2 aromatic rings. The van der Waals surface area contributed by atoms with Crippen molar-refractivity contribution in [3.8, 4) is 16.9 Å². The van der Waals surface area contributed by atoms with Gasteiger partial charge in [-0.15, -0.1) is 0 Å². The van der Waals surface area contributed by atoms with Crippen LogP contribution in [0.4, 0.5) is 5.69 Å². The van der Waals surface area contributed by atoms with Crippen LogP contribution in [0.2, 0.25) is 0 Å². The van der Waals surface area contributed by atoms with Gasteiger partial charge in [-0.1, -0.05) is 0 Å². The monoisotopic (exact) mass is 344 g/mol. The number of nitrogens with zero attached hydrogens (tertiary/aromatic N) is 3. The smallest absolute Gasteiger partial charge is 0.147 e. The lowest BCUT2D eigenvalue weighted by molar-refractivity contribution is 0.387. The molecule has 0 bridgehead atoms. The third-order valence-electron chi connectivity index (χ3n) is 5.19. The first kappa shape index (κ1) is 15.8. The highest BCUT2D eigenvalue weighted by Crippen LogP contribution is 2.43. The molecule has 2 aliphatic rings. The zero-order valence-corrected chi connectivity index (χ0v) is 15.1. The Bertz CT molecular complexity index is 741. The number of benzene rings is 1. The van der Waals surface area contributed by atoms with Gasteiger partial charge in [-0.05, 0) is 56.7 Å². The fraction of sp³-hybridized carbons (Fsp3) is 0.500. The van der Waals surface area contributed by atoms with E-state index in [1.165, 1.54) is 36.0 Å². The summed E-state index contributed by atoms with van der Waals surface area (Å²) in [5.74, 6) is 1.43. The largest absolute Gasteiger partial charge is 0.481 e. The highest BCUT2D eigenvalue weighted by Gasteiger charge is 2.27. The molecule has 0 saturated heterocycles. The zero-order chi connectivity index (χ0) is 16.7. The van der Waals surface area contributed by atoms with Gasteiger partial charge < -0.3 is 9.64 Å². The summed E-state index contributed by atoms with van der Waals surface area (Å²) in [5, 5.41) is 10.1. The van der Waals surface area contributed by atoms with Gasteiger partial charge >= 0.3 is 0 Å². The molecule has 4 rings (SSSR count). The fourth-order valence-corrected chi connectivity index (χ4v) is 3.66. The van der Waals surface area contributed by atoms with E-state index in [4.69, 9.17) is 9.88 Å². The Balaban J connectivity index is 1.77. The average Bonchev–Trinajstić information content (AvgIpc) is 3.33. The topological polar surface area (TPSA) is 56.3 Å². The van der Waals surface area contributed by atoms with Gasteiger partial charge in [0.1, 0.15) is 11.7 Å². The molecular weight excluding hydrogens is 320 g/mol. The van der Waals surface area contributed by atoms with Gasteiger partial charge in [-0.3, -0.25) is 9.82 Å². The van der Waals surface area contributed by atoms with Crippen molar-refractivity contribution >= 4 is 17.6 Å². The summed E-state index contributed by atoms with van der Waals surface area (Å²) in [7, 11) is 2.16. The number of ether oxygens (including phenoxy) is 1. The molecule has 1 unspecified atom stereocenters. The molecule has 1 aliphatic heterocycles. The SMILES string of the molecule is CC1CCc2c(ccc(-c3cnn(C4CC4)c3)c2OCSN)N1C. The first-order valence-corrected chi connectivity index (χ1v) is 9.61. The Morgan fingerprint density at radius 3 is 2.92 bits per heavy atom. The van der Waals surface area contributed by atoms with Crippen LogP contribution in [0.3, 0.4) is 0 Å². The van der Waals surface area contributed by atoms with Crippen molar-refractivity contribution < 1.29 is 4.74 Å². The second-order valence-corrected chi connectivity index (χ2v) is 7.38. The number of fused-ring (bicyclic) bond motifs is 1. The second-order valence-electron chi connectivity index (χ2n) is 6.81. The molecule has 6 heteroatoms. The van der Waals surface area contributed by atoms with E-state index in [1.807, 2.05) is 6.20 Å². The molecule has 5 nitrogen and oxygen atoms in total. The van der Waals surface area contributed by atoms with Gasteiger partial charge in [-0.25, -0.2) is 0 Å². The maximum atomic E-state index is 6.08. The Morgan fingerprint density at radius 1 is 1.33 bits per heavy atom. The predicted molar refractivity (Wildman–Crippen MR) is 99.4 cm³/mol. The summed E-state index contributed by atoms with van der Waals surface area (Å²) in [5.41, 5.74) is 4.81. The van der Waals surface area contributed by atoms with Crippen LogP contribution in [-0.4, -0.2) is 28.8 Å². The van der Waals surface area contributed by atoms with Gasteiger partial charge in [0.05, 0.1) is 12.2 Å². The summed E-state index contributed by atoms with van der Waals surface area (Å²) in [6.45, 7) is 2.27. The number of anilines is 1. The third-order valence-corrected chi connectivity index (χ3v) is 5.45. The minimum absolute atomic E-state index is 0.458. The van der Waals surface area contributed by atoms with E-state index in [0.29, 0.717) is 18.0 Å². The number of nitrogens with two attached hydrogens (primary N) is 1. The number of aromatic nitrogens is 2. The van der Waals surface area contributed by atoms with Crippen molar-refractivity contribution in [1.29, 1.82) is 0 Å². The summed E-state index contributed by atoms with van der Waals surface area (Å²) < 4.78 is 8.17. The van der Waals surface area contributed by atoms with E-state index in [2.05, 4.69) is 47.0 Å². The van der Waals surface area contributed by atoms with Crippen LogP contribution in [0.5, 0.6) is 5.75 Å². The maximum absolute atomic E-state index is 6.08. The van der Waals surface area contributed by atoms with E-state index in [9.17, 15) is 0 Å². The lowest BCUT2D eigenvalue weighted by Gasteiger charge is -2.35. The van der Waals surface area contributed by atoms with E-state index in [0.717, 1.165) is 29.7 Å². The van der Waals surface area contributed by atoms with Crippen LogP contribution in [0, 0.1) is 0 Å². The Kier molecular flexibility index (Phi) is 4.18. The normalized spacial score (nSPS) is 20.1. The van der Waals surface area contributed by atoms with Crippen LogP contribution in [0.1, 0.15) is 37.8 Å². The quantitative estimate of drug-likeness (QED) is 0.663. The van der Waals surface area contributed by atoms with Crippen molar-refractivity contribution in [2.75, 3.05) is 17.9 Å². The molecule has 1 atom stereocenters. The van der Waals surface area contributed by atoms with Crippen molar-refractivity contribution in [1.82, 2.24) is 9.78 Å². The van der Waals surface area contributed by atoms with Crippen LogP contribution < -0.4 is 14.8 Å². The third kappa shape index (κ3) is 2.78. The lowest BCUT2D eigenvalue weighted by Crippen LogP contribution is -2.33. The summed E-state index contributed by atoms with van der Waals surface area (Å²) in [4.78, 5) is 2.35. The van der Waals surface area contributed by atoms with Gasteiger partial charge in [0, 0.05) is 41.7 Å². The summed E-state index contributed by atoms with van der Waals surface area (Å²) in [6.07, 6.45) is 8.76. The summed E-state index contributed by atoms with van der Waals surface area (Å²) >= 11 is 1.22. The van der Waals surface area contributed by atoms with Gasteiger partial charge in [0.2, 0.25) is 0 Å². The van der Waals surface area contributed by atoms with E-state index in [-0.39, 0.29) is 0 Å². The minimum atomic E-state index is 0.458. The van der Waals surface area contributed by atoms with Crippen LogP contribution in [-0.2, 0) is 6.42 Å².